The molecule has 3 amide bonds. The zero-order valence-corrected chi connectivity index (χ0v) is 11.8. The van der Waals surface area contributed by atoms with E-state index in [-0.39, 0.29) is 18.5 Å². The highest BCUT2D eigenvalue weighted by atomic mass is 16.3. The lowest BCUT2D eigenvalue weighted by atomic mass is 10.2. The van der Waals surface area contributed by atoms with E-state index >= 15 is 0 Å². The zero-order chi connectivity index (χ0) is 15.0. The van der Waals surface area contributed by atoms with E-state index in [0.29, 0.717) is 24.3 Å². The number of carbonyl (C=O) groups is 2. The third-order valence-electron chi connectivity index (χ3n) is 2.78. The Bertz CT molecular complexity index is 439. The molecule has 3 N–H and O–H groups in total. The van der Waals surface area contributed by atoms with Crippen LogP contribution >= 0.6 is 0 Å². The Balaban J connectivity index is 2.67. The second kappa shape index (κ2) is 8.16. The minimum atomic E-state index is -0.256. The molecular formula is C14H21N3O3. The van der Waals surface area contributed by atoms with Crippen molar-refractivity contribution in [2.75, 3.05) is 32.1 Å². The number of carbonyl (C=O) groups excluding carboxylic acids is 2. The molecule has 0 aliphatic carbocycles. The molecule has 0 radical (unpaired) electrons. The van der Waals surface area contributed by atoms with Crippen LogP contribution in [-0.2, 0) is 0 Å². The second-order valence-electron chi connectivity index (χ2n) is 4.30. The molecule has 1 rings (SSSR count). The topological polar surface area (TPSA) is 81.7 Å². The van der Waals surface area contributed by atoms with E-state index in [2.05, 4.69) is 10.6 Å². The van der Waals surface area contributed by atoms with Crippen LogP contribution in [0.5, 0.6) is 0 Å². The van der Waals surface area contributed by atoms with Crippen LogP contribution in [0.25, 0.3) is 0 Å². The molecule has 0 aliphatic heterocycles. The number of rotatable bonds is 6. The Morgan fingerprint density at radius 1 is 1.20 bits per heavy atom. The molecular weight excluding hydrogens is 258 g/mol. The largest absolute Gasteiger partial charge is 0.395 e. The van der Waals surface area contributed by atoms with Crippen molar-refractivity contribution in [3.05, 3.63) is 29.8 Å². The summed E-state index contributed by atoms with van der Waals surface area (Å²) in [6, 6.07) is 6.38. The van der Waals surface area contributed by atoms with Crippen LogP contribution in [0.3, 0.4) is 0 Å². The molecule has 0 unspecified atom stereocenters. The number of aliphatic hydroxyl groups is 1. The van der Waals surface area contributed by atoms with Gasteiger partial charge in [-0.25, -0.2) is 4.79 Å². The van der Waals surface area contributed by atoms with Crippen molar-refractivity contribution in [3.8, 4) is 0 Å². The number of hydrogen-bond donors (Lipinski definition) is 3. The lowest BCUT2D eigenvalue weighted by Crippen LogP contribution is -2.37. The summed E-state index contributed by atoms with van der Waals surface area (Å²) in [6.45, 7) is 2.79. The molecule has 1 aromatic carbocycles. The Morgan fingerprint density at radius 2 is 1.85 bits per heavy atom. The van der Waals surface area contributed by atoms with Crippen molar-refractivity contribution in [3.63, 3.8) is 0 Å². The van der Waals surface area contributed by atoms with Gasteiger partial charge >= 0.3 is 6.03 Å². The second-order valence-corrected chi connectivity index (χ2v) is 4.30. The van der Waals surface area contributed by atoms with E-state index < -0.39 is 0 Å². The first kappa shape index (κ1) is 16.0. The molecule has 6 heteroatoms. The van der Waals surface area contributed by atoms with Crippen LogP contribution in [0, 0.1) is 0 Å². The number of hydrogen-bond acceptors (Lipinski definition) is 3. The van der Waals surface area contributed by atoms with Crippen LogP contribution in [0.4, 0.5) is 10.5 Å². The monoisotopic (exact) mass is 279 g/mol. The Kier molecular flexibility index (Phi) is 6.52. The molecule has 0 heterocycles. The molecule has 110 valence electrons. The van der Waals surface area contributed by atoms with Gasteiger partial charge in [0.25, 0.3) is 5.91 Å². The van der Waals surface area contributed by atoms with E-state index in [9.17, 15) is 9.59 Å². The Morgan fingerprint density at radius 3 is 2.35 bits per heavy atom. The van der Waals surface area contributed by atoms with Gasteiger partial charge in [0.15, 0.2) is 0 Å². The highest BCUT2D eigenvalue weighted by Crippen LogP contribution is 2.10. The fourth-order valence-corrected chi connectivity index (χ4v) is 1.76. The number of aliphatic hydroxyl groups excluding tert-OH is 1. The minimum absolute atomic E-state index is 0.0664. The number of nitrogens with zero attached hydrogens (tertiary/aromatic N) is 1. The molecule has 0 saturated carbocycles. The van der Waals surface area contributed by atoms with E-state index in [1.807, 2.05) is 6.92 Å². The Hall–Kier alpha value is -2.08. The predicted octanol–water partition coefficient (Wildman–Crippen LogP) is 1.28. The molecule has 0 atom stereocenters. The van der Waals surface area contributed by atoms with Crippen molar-refractivity contribution in [2.45, 2.75) is 13.3 Å². The highest BCUT2D eigenvalue weighted by molar-refractivity contribution is 5.95. The summed E-state index contributed by atoms with van der Waals surface area (Å²) in [7, 11) is 1.57. The molecule has 0 bridgehead atoms. The number of benzene rings is 1. The maximum Gasteiger partial charge on any atom is 0.321 e. The number of urea groups is 1. The first-order valence-electron chi connectivity index (χ1n) is 6.61. The van der Waals surface area contributed by atoms with Crippen LogP contribution < -0.4 is 10.6 Å². The lowest BCUT2D eigenvalue weighted by molar-refractivity contribution is 0.0963. The summed E-state index contributed by atoms with van der Waals surface area (Å²) < 4.78 is 0. The van der Waals surface area contributed by atoms with Crippen molar-refractivity contribution >= 4 is 17.6 Å². The van der Waals surface area contributed by atoms with E-state index in [4.69, 9.17) is 5.11 Å². The molecule has 0 saturated heterocycles. The fraction of sp³-hybridized carbons (Fsp3) is 0.429. The first-order valence-corrected chi connectivity index (χ1v) is 6.61. The lowest BCUT2D eigenvalue weighted by Gasteiger charge is -2.21. The SMILES string of the molecule is CCCN(CCO)C(=O)Nc1ccc(C(=O)NC)cc1. The summed E-state index contributed by atoms with van der Waals surface area (Å²) in [4.78, 5) is 24.9. The molecule has 0 fully saturated rings. The molecule has 0 aromatic heterocycles. The van der Waals surface area contributed by atoms with Gasteiger partial charge in [-0.1, -0.05) is 6.92 Å². The normalized spacial score (nSPS) is 9.95. The van der Waals surface area contributed by atoms with Gasteiger partial charge in [-0.05, 0) is 30.7 Å². The summed E-state index contributed by atoms with van der Waals surface area (Å²) in [5, 5.41) is 14.2. The van der Waals surface area contributed by atoms with Gasteiger partial charge in [0.2, 0.25) is 0 Å². The Labute approximate surface area is 118 Å². The molecule has 20 heavy (non-hydrogen) atoms. The number of nitrogens with one attached hydrogen (secondary N) is 2. The summed E-state index contributed by atoms with van der Waals surface area (Å²) in [6.07, 6.45) is 0.822. The van der Waals surface area contributed by atoms with Gasteiger partial charge in [0.05, 0.1) is 6.61 Å². The van der Waals surface area contributed by atoms with Crippen LogP contribution in [0.1, 0.15) is 23.7 Å². The maximum absolute atomic E-state index is 12.0. The third-order valence-corrected chi connectivity index (χ3v) is 2.78. The van der Waals surface area contributed by atoms with Gasteiger partial charge in [-0.2, -0.15) is 0 Å². The summed E-state index contributed by atoms with van der Waals surface area (Å²) >= 11 is 0. The van der Waals surface area contributed by atoms with Crippen LogP contribution in [0.2, 0.25) is 0 Å². The summed E-state index contributed by atoms with van der Waals surface area (Å²) in [5.41, 5.74) is 1.15. The predicted molar refractivity (Wildman–Crippen MR) is 77.8 cm³/mol. The fourth-order valence-electron chi connectivity index (χ4n) is 1.76. The smallest absolute Gasteiger partial charge is 0.321 e. The number of amides is 3. The van der Waals surface area contributed by atoms with Gasteiger partial charge in [0, 0.05) is 31.4 Å². The van der Waals surface area contributed by atoms with Crippen LogP contribution in [0.15, 0.2) is 24.3 Å². The van der Waals surface area contributed by atoms with E-state index in [1.54, 1.807) is 36.2 Å². The average molecular weight is 279 g/mol. The first-order chi connectivity index (χ1) is 9.62. The van der Waals surface area contributed by atoms with Gasteiger partial charge in [0.1, 0.15) is 0 Å². The van der Waals surface area contributed by atoms with Crippen molar-refractivity contribution in [2.24, 2.45) is 0 Å². The van der Waals surface area contributed by atoms with Gasteiger partial charge in [-0.15, -0.1) is 0 Å². The zero-order valence-electron chi connectivity index (χ0n) is 11.8. The average Bonchev–Trinajstić information content (AvgIpc) is 2.47. The standard InChI is InChI=1S/C14H21N3O3/c1-3-8-17(9-10-18)14(20)16-12-6-4-11(5-7-12)13(19)15-2/h4-7,18H,3,8-10H2,1-2H3,(H,15,19)(H,16,20). The highest BCUT2D eigenvalue weighted by Gasteiger charge is 2.12. The number of anilines is 1. The summed E-state index contributed by atoms with van der Waals surface area (Å²) in [5.74, 6) is -0.171. The third kappa shape index (κ3) is 4.55. The van der Waals surface area contributed by atoms with Gasteiger partial charge in [-0.3, -0.25) is 4.79 Å². The minimum Gasteiger partial charge on any atom is -0.395 e. The van der Waals surface area contributed by atoms with E-state index in [1.165, 1.54) is 0 Å². The van der Waals surface area contributed by atoms with Crippen molar-refractivity contribution < 1.29 is 14.7 Å². The quantitative estimate of drug-likeness (QED) is 0.733. The maximum atomic E-state index is 12.0. The van der Waals surface area contributed by atoms with Crippen molar-refractivity contribution in [1.29, 1.82) is 0 Å². The van der Waals surface area contributed by atoms with Crippen LogP contribution in [-0.4, -0.2) is 48.7 Å². The molecule has 6 nitrogen and oxygen atoms in total. The molecule has 1 aromatic rings. The van der Waals surface area contributed by atoms with Crippen molar-refractivity contribution in [1.82, 2.24) is 10.2 Å². The van der Waals surface area contributed by atoms with Gasteiger partial charge < -0.3 is 20.6 Å². The molecule has 0 spiro atoms. The molecule has 0 aliphatic rings. The van der Waals surface area contributed by atoms with E-state index in [0.717, 1.165) is 6.42 Å².